The number of benzene rings is 1. The van der Waals surface area contributed by atoms with E-state index < -0.39 is 0 Å². The van der Waals surface area contributed by atoms with Gasteiger partial charge in [-0.2, -0.15) is 0 Å². The summed E-state index contributed by atoms with van der Waals surface area (Å²) in [5.74, 6) is 0. The first-order chi connectivity index (χ1) is 8.67. The Bertz CT molecular complexity index is 549. The summed E-state index contributed by atoms with van der Waals surface area (Å²) in [6, 6.07) is 6.05. The molecule has 0 aliphatic heterocycles. The van der Waals surface area contributed by atoms with Crippen molar-refractivity contribution in [3.63, 3.8) is 0 Å². The van der Waals surface area contributed by atoms with E-state index in [2.05, 4.69) is 17.2 Å². The van der Waals surface area contributed by atoms with Gasteiger partial charge in [-0.3, -0.25) is 0 Å². The van der Waals surface area contributed by atoms with Crippen molar-refractivity contribution in [1.29, 1.82) is 0 Å². The molecule has 1 aromatic carbocycles. The molecule has 5 heteroatoms. The summed E-state index contributed by atoms with van der Waals surface area (Å²) < 4.78 is 1.62. The van der Waals surface area contributed by atoms with Crippen LogP contribution in [0.1, 0.15) is 16.8 Å². The maximum Gasteiger partial charge on any atom is 0.116 e. The van der Waals surface area contributed by atoms with Crippen LogP contribution < -0.4 is 0 Å². The van der Waals surface area contributed by atoms with Crippen LogP contribution in [0.15, 0.2) is 18.2 Å². The van der Waals surface area contributed by atoms with Gasteiger partial charge in [-0.15, -0.1) is 5.10 Å². The first kappa shape index (κ1) is 12.7. The van der Waals surface area contributed by atoms with Gasteiger partial charge in [0.15, 0.2) is 0 Å². The first-order valence-corrected chi connectivity index (χ1v) is 5.89. The van der Waals surface area contributed by atoms with Gasteiger partial charge in [-0.25, -0.2) is 4.68 Å². The van der Waals surface area contributed by atoms with Gasteiger partial charge in [0.05, 0.1) is 25.5 Å². The highest BCUT2D eigenvalue weighted by atomic mass is 16.3. The molecule has 0 spiro atoms. The number of aromatic nitrogens is 3. The lowest BCUT2D eigenvalue weighted by Gasteiger charge is -2.08. The molecular weight excluding hydrogens is 230 g/mol. The Hall–Kier alpha value is -1.72. The van der Waals surface area contributed by atoms with Crippen molar-refractivity contribution < 1.29 is 10.2 Å². The highest BCUT2D eigenvalue weighted by Gasteiger charge is 2.14. The minimum Gasteiger partial charge on any atom is -0.394 e. The quantitative estimate of drug-likeness (QED) is 0.847. The topological polar surface area (TPSA) is 71.2 Å². The van der Waals surface area contributed by atoms with Crippen molar-refractivity contribution >= 4 is 0 Å². The fourth-order valence-corrected chi connectivity index (χ4v) is 1.91. The molecule has 0 saturated carbocycles. The lowest BCUT2D eigenvalue weighted by molar-refractivity contribution is 0.268. The standard InChI is InChI=1S/C13H17N3O2/c1-9-3-4-11(7-10(9)2)13-12(8-18)14-15-16(13)5-6-17/h3-4,7,17-18H,5-6,8H2,1-2H3. The van der Waals surface area contributed by atoms with E-state index in [0.717, 1.165) is 11.3 Å². The van der Waals surface area contributed by atoms with Crippen molar-refractivity contribution in [3.8, 4) is 11.3 Å². The van der Waals surface area contributed by atoms with Crippen LogP contribution in [0.25, 0.3) is 11.3 Å². The molecule has 2 rings (SSSR count). The van der Waals surface area contributed by atoms with E-state index in [0.29, 0.717) is 12.2 Å². The number of aliphatic hydroxyl groups excluding tert-OH is 2. The molecule has 0 aliphatic carbocycles. The van der Waals surface area contributed by atoms with Crippen LogP contribution in [-0.2, 0) is 13.2 Å². The molecule has 0 fully saturated rings. The van der Waals surface area contributed by atoms with E-state index in [1.165, 1.54) is 11.1 Å². The van der Waals surface area contributed by atoms with E-state index in [9.17, 15) is 5.11 Å². The van der Waals surface area contributed by atoms with Gasteiger partial charge < -0.3 is 10.2 Å². The number of rotatable bonds is 4. The van der Waals surface area contributed by atoms with Crippen molar-refractivity contribution in [2.24, 2.45) is 0 Å². The van der Waals surface area contributed by atoms with Crippen LogP contribution in [0.2, 0.25) is 0 Å². The monoisotopic (exact) mass is 247 g/mol. The highest BCUT2D eigenvalue weighted by molar-refractivity contribution is 5.63. The lowest BCUT2D eigenvalue weighted by atomic mass is 10.0. The minimum absolute atomic E-state index is 0.00787. The second-order valence-corrected chi connectivity index (χ2v) is 4.29. The lowest BCUT2D eigenvalue weighted by Crippen LogP contribution is -2.06. The molecule has 0 saturated heterocycles. The maximum absolute atomic E-state index is 9.31. The molecule has 2 N–H and O–H groups in total. The van der Waals surface area contributed by atoms with E-state index in [1.54, 1.807) is 4.68 Å². The molecule has 96 valence electrons. The molecule has 1 heterocycles. The third kappa shape index (κ3) is 2.27. The second-order valence-electron chi connectivity index (χ2n) is 4.29. The summed E-state index contributed by atoms with van der Waals surface area (Å²) in [7, 11) is 0. The zero-order chi connectivity index (χ0) is 13.1. The summed E-state index contributed by atoms with van der Waals surface area (Å²) in [6.45, 7) is 4.29. The number of aliphatic hydroxyl groups is 2. The fourth-order valence-electron chi connectivity index (χ4n) is 1.91. The van der Waals surface area contributed by atoms with Gasteiger partial charge in [0, 0.05) is 5.56 Å². The molecule has 1 aromatic heterocycles. The van der Waals surface area contributed by atoms with E-state index in [1.807, 2.05) is 25.1 Å². The average molecular weight is 247 g/mol. The predicted molar refractivity (Wildman–Crippen MR) is 67.9 cm³/mol. The van der Waals surface area contributed by atoms with Crippen molar-refractivity contribution in [3.05, 3.63) is 35.0 Å². The molecular formula is C13H17N3O2. The van der Waals surface area contributed by atoms with Crippen LogP contribution in [0.4, 0.5) is 0 Å². The number of nitrogens with zero attached hydrogens (tertiary/aromatic N) is 3. The summed E-state index contributed by atoms with van der Waals surface area (Å²) >= 11 is 0. The van der Waals surface area contributed by atoms with Gasteiger partial charge in [0.2, 0.25) is 0 Å². The van der Waals surface area contributed by atoms with Crippen LogP contribution in [0, 0.1) is 13.8 Å². The van der Waals surface area contributed by atoms with Crippen LogP contribution in [-0.4, -0.2) is 31.8 Å². The van der Waals surface area contributed by atoms with Crippen molar-refractivity contribution in [2.75, 3.05) is 6.61 Å². The van der Waals surface area contributed by atoms with Gasteiger partial charge in [-0.1, -0.05) is 17.3 Å². The summed E-state index contributed by atoms with van der Waals surface area (Å²) in [6.07, 6.45) is 0. The number of hydrogen-bond donors (Lipinski definition) is 2. The fraction of sp³-hybridized carbons (Fsp3) is 0.385. The second kappa shape index (κ2) is 5.29. The third-order valence-corrected chi connectivity index (χ3v) is 3.05. The SMILES string of the molecule is Cc1ccc(-c2c(CO)nnn2CCO)cc1C. The molecule has 5 nitrogen and oxygen atoms in total. The third-order valence-electron chi connectivity index (χ3n) is 3.05. The van der Waals surface area contributed by atoms with Crippen LogP contribution >= 0.6 is 0 Å². The van der Waals surface area contributed by atoms with Crippen LogP contribution in [0.5, 0.6) is 0 Å². The maximum atomic E-state index is 9.31. The molecule has 0 aliphatic rings. The Morgan fingerprint density at radius 3 is 2.56 bits per heavy atom. The van der Waals surface area contributed by atoms with Gasteiger partial charge in [0.25, 0.3) is 0 Å². The average Bonchev–Trinajstić information content (AvgIpc) is 2.76. The first-order valence-electron chi connectivity index (χ1n) is 5.89. The highest BCUT2D eigenvalue weighted by Crippen LogP contribution is 2.24. The Kier molecular flexibility index (Phi) is 3.74. The Morgan fingerprint density at radius 2 is 1.94 bits per heavy atom. The molecule has 0 atom stereocenters. The van der Waals surface area contributed by atoms with Gasteiger partial charge in [0.1, 0.15) is 5.69 Å². The summed E-state index contributed by atoms with van der Waals surface area (Å²) in [4.78, 5) is 0. The molecule has 0 radical (unpaired) electrons. The molecule has 0 amide bonds. The van der Waals surface area contributed by atoms with E-state index in [-0.39, 0.29) is 13.2 Å². The number of aryl methyl sites for hydroxylation is 2. The molecule has 18 heavy (non-hydrogen) atoms. The smallest absolute Gasteiger partial charge is 0.116 e. The summed E-state index contributed by atoms with van der Waals surface area (Å²) in [5, 5.41) is 26.2. The summed E-state index contributed by atoms with van der Waals surface area (Å²) in [5.41, 5.74) is 4.65. The van der Waals surface area contributed by atoms with Crippen molar-refractivity contribution in [2.45, 2.75) is 27.0 Å². The molecule has 0 unspecified atom stereocenters. The van der Waals surface area contributed by atoms with Crippen LogP contribution in [0.3, 0.4) is 0 Å². The zero-order valence-corrected chi connectivity index (χ0v) is 10.6. The largest absolute Gasteiger partial charge is 0.394 e. The Balaban J connectivity index is 2.53. The normalized spacial score (nSPS) is 10.9. The zero-order valence-electron chi connectivity index (χ0n) is 10.6. The Labute approximate surface area is 106 Å². The number of hydrogen-bond acceptors (Lipinski definition) is 4. The van der Waals surface area contributed by atoms with Gasteiger partial charge >= 0.3 is 0 Å². The molecule has 2 aromatic rings. The van der Waals surface area contributed by atoms with Crippen molar-refractivity contribution in [1.82, 2.24) is 15.0 Å². The Morgan fingerprint density at radius 1 is 1.17 bits per heavy atom. The minimum atomic E-state index is -0.159. The predicted octanol–water partition coefficient (Wildman–Crippen LogP) is 1.05. The molecule has 0 bridgehead atoms. The van der Waals surface area contributed by atoms with E-state index >= 15 is 0 Å². The van der Waals surface area contributed by atoms with Gasteiger partial charge in [-0.05, 0) is 31.0 Å². The van der Waals surface area contributed by atoms with E-state index in [4.69, 9.17) is 5.11 Å².